The van der Waals surface area contributed by atoms with E-state index in [1.54, 1.807) is 16.8 Å². The molecule has 3 nitrogen and oxygen atoms in total. The molecular weight excluding hydrogens is 174 g/mol. The van der Waals surface area contributed by atoms with Crippen molar-refractivity contribution in [3.05, 3.63) is 22.4 Å². The van der Waals surface area contributed by atoms with Crippen LogP contribution in [0.15, 0.2) is 16.8 Å². The number of carbonyl (C=O) groups is 1. The largest absolute Gasteiger partial charge is 0.370 e. The van der Waals surface area contributed by atoms with E-state index >= 15 is 0 Å². The van der Waals surface area contributed by atoms with Crippen LogP contribution in [0.4, 0.5) is 0 Å². The molecule has 1 aromatic rings. The summed E-state index contributed by atoms with van der Waals surface area (Å²) in [4.78, 5) is 14.5. The Morgan fingerprint density at radius 2 is 2.40 bits per heavy atom. The molecule has 2 N–H and O–H groups in total. The van der Waals surface area contributed by atoms with Crippen molar-refractivity contribution in [2.24, 2.45) is 5.90 Å². The van der Waals surface area contributed by atoms with Gasteiger partial charge in [0.25, 0.3) is 0 Å². The normalized spacial score (nSPS) is 8.10. The lowest BCUT2D eigenvalue weighted by Crippen LogP contribution is -2.08. The molecule has 5 heteroatoms. The average Bonchev–Trinajstić information content (AvgIpc) is 2.37. The summed E-state index contributed by atoms with van der Waals surface area (Å²) in [5.74, 6) is 4.13. The van der Waals surface area contributed by atoms with E-state index in [0.717, 1.165) is 0 Å². The van der Waals surface area contributed by atoms with Crippen molar-refractivity contribution in [3.63, 3.8) is 0 Å². The minimum absolute atomic E-state index is 0. The Labute approximate surface area is 68.2 Å². The van der Waals surface area contributed by atoms with Gasteiger partial charge in [-0.1, -0.05) is 0 Å². The first-order valence-corrected chi connectivity index (χ1v) is 3.22. The van der Waals surface area contributed by atoms with E-state index in [2.05, 4.69) is 10.7 Å². The Balaban J connectivity index is 0.000000810. The number of halogens is 1. The molecule has 0 aliphatic carbocycles. The number of rotatable bonds is 1. The van der Waals surface area contributed by atoms with Crippen molar-refractivity contribution < 1.29 is 9.63 Å². The lowest BCUT2D eigenvalue weighted by molar-refractivity contribution is 0.0504. The number of carbonyl (C=O) groups excluding carboxylic acids is 1. The van der Waals surface area contributed by atoms with E-state index in [0.29, 0.717) is 5.56 Å². The highest BCUT2D eigenvalue weighted by Gasteiger charge is 2.03. The first-order chi connectivity index (χ1) is 4.34. The molecule has 1 aromatic heterocycles. The molecule has 0 fully saturated rings. The van der Waals surface area contributed by atoms with E-state index in [9.17, 15) is 4.79 Å². The first-order valence-electron chi connectivity index (χ1n) is 2.28. The summed E-state index contributed by atoms with van der Waals surface area (Å²) >= 11 is 1.43. The Hall–Kier alpha value is -0.580. The minimum Gasteiger partial charge on any atom is -0.370 e. The molecule has 0 aliphatic heterocycles. The van der Waals surface area contributed by atoms with E-state index in [1.165, 1.54) is 11.3 Å². The highest BCUT2D eigenvalue weighted by molar-refractivity contribution is 7.08. The summed E-state index contributed by atoms with van der Waals surface area (Å²) in [6.45, 7) is 0. The van der Waals surface area contributed by atoms with Crippen molar-refractivity contribution >= 4 is 29.7 Å². The summed E-state index contributed by atoms with van der Waals surface area (Å²) in [6, 6.07) is 1.65. The molecule has 1 rings (SSSR count). The summed E-state index contributed by atoms with van der Waals surface area (Å²) in [5.41, 5.74) is 0.502. The van der Waals surface area contributed by atoms with Crippen LogP contribution in [-0.4, -0.2) is 5.97 Å². The molecule has 0 atom stereocenters. The molecule has 1 heterocycles. The molecule has 0 unspecified atom stereocenters. The van der Waals surface area contributed by atoms with Gasteiger partial charge in [-0.15, -0.1) is 12.4 Å². The van der Waals surface area contributed by atoms with Gasteiger partial charge < -0.3 is 4.84 Å². The van der Waals surface area contributed by atoms with Gasteiger partial charge in [0.15, 0.2) is 0 Å². The van der Waals surface area contributed by atoms with Gasteiger partial charge in [-0.2, -0.15) is 17.2 Å². The third kappa shape index (κ3) is 1.98. The molecule has 0 amide bonds. The van der Waals surface area contributed by atoms with Crippen molar-refractivity contribution in [2.75, 3.05) is 0 Å². The predicted molar refractivity (Wildman–Crippen MR) is 41.2 cm³/mol. The van der Waals surface area contributed by atoms with Gasteiger partial charge in [0.2, 0.25) is 0 Å². The highest BCUT2D eigenvalue weighted by atomic mass is 35.5. The van der Waals surface area contributed by atoms with Crippen LogP contribution < -0.4 is 5.90 Å². The third-order valence-electron chi connectivity index (χ3n) is 0.864. The Kier molecular flexibility index (Phi) is 4.02. The molecule has 0 radical (unpaired) electrons. The second-order valence-corrected chi connectivity index (χ2v) is 2.20. The van der Waals surface area contributed by atoms with Crippen molar-refractivity contribution in [1.29, 1.82) is 0 Å². The number of thiophene rings is 1. The van der Waals surface area contributed by atoms with Crippen molar-refractivity contribution in [1.82, 2.24) is 0 Å². The maximum atomic E-state index is 10.5. The van der Waals surface area contributed by atoms with Gasteiger partial charge in [0.05, 0.1) is 5.56 Å². The second-order valence-electron chi connectivity index (χ2n) is 1.42. The van der Waals surface area contributed by atoms with Crippen LogP contribution in [0.5, 0.6) is 0 Å². The molecule has 0 bridgehead atoms. The lowest BCUT2D eigenvalue weighted by Gasteiger charge is -1.89. The van der Waals surface area contributed by atoms with Crippen molar-refractivity contribution in [3.8, 4) is 0 Å². The van der Waals surface area contributed by atoms with E-state index in [-0.39, 0.29) is 12.4 Å². The fourth-order valence-electron chi connectivity index (χ4n) is 0.449. The van der Waals surface area contributed by atoms with Crippen LogP contribution in [0.25, 0.3) is 0 Å². The fourth-order valence-corrected chi connectivity index (χ4v) is 1.07. The van der Waals surface area contributed by atoms with Gasteiger partial charge in [0, 0.05) is 5.38 Å². The van der Waals surface area contributed by atoms with E-state index in [1.807, 2.05) is 0 Å². The predicted octanol–water partition coefficient (Wildman–Crippen LogP) is 1.20. The van der Waals surface area contributed by atoms with Gasteiger partial charge in [-0.25, -0.2) is 4.79 Å². The van der Waals surface area contributed by atoms with Gasteiger partial charge >= 0.3 is 5.97 Å². The molecule has 56 valence electrons. The molecule has 0 saturated carbocycles. The van der Waals surface area contributed by atoms with Crippen LogP contribution in [-0.2, 0) is 4.84 Å². The van der Waals surface area contributed by atoms with Gasteiger partial charge in [-0.05, 0) is 11.4 Å². The topological polar surface area (TPSA) is 52.3 Å². The summed E-state index contributed by atoms with van der Waals surface area (Å²) < 4.78 is 0. The number of hydrogen-bond donors (Lipinski definition) is 1. The summed E-state index contributed by atoms with van der Waals surface area (Å²) in [6.07, 6.45) is 0. The first kappa shape index (κ1) is 9.42. The molecule has 10 heavy (non-hydrogen) atoms. The quantitative estimate of drug-likeness (QED) is 0.660. The minimum atomic E-state index is -0.490. The zero-order chi connectivity index (χ0) is 6.69. The van der Waals surface area contributed by atoms with Gasteiger partial charge in [-0.3, -0.25) is 0 Å². The van der Waals surface area contributed by atoms with Crippen LogP contribution in [0.3, 0.4) is 0 Å². The molecular formula is C5H6ClNO2S. The zero-order valence-electron chi connectivity index (χ0n) is 4.94. The maximum Gasteiger partial charge on any atom is 0.357 e. The van der Waals surface area contributed by atoms with Gasteiger partial charge in [0.1, 0.15) is 0 Å². The van der Waals surface area contributed by atoms with E-state index < -0.39 is 5.97 Å². The maximum absolute atomic E-state index is 10.5. The highest BCUT2D eigenvalue weighted by Crippen LogP contribution is 2.05. The zero-order valence-corrected chi connectivity index (χ0v) is 6.58. The summed E-state index contributed by atoms with van der Waals surface area (Å²) in [5, 5.41) is 3.46. The monoisotopic (exact) mass is 179 g/mol. The van der Waals surface area contributed by atoms with E-state index in [4.69, 9.17) is 0 Å². The standard InChI is InChI=1S/C5H5NO2S.ClH/c6-8-5(7)4-1-2-9-3-4;/h1-3H,6H2;1H. The molecule has 0 spiro atoms. The number of hydrogen-bond acceptors (Lipinski definition) is 4. The Bertz CT molecular complexity index is 199. The molecule has 0 aliphatic rings. The molecule has 0 saturated heterocycles. The average molecular weight is 180 g/mol. The number of nitrogens with two attached hydrogens (primary N) is 1. The van der Waals surface area contributed by atoms with Crippen LogP contribution in [0, 0.1) is 0 Å². The SMILES string of the molecule is Cl.NOC(=O)c1ccsc1. The van der Waals surface area contributed by atoms with Crippen LogP contribution >= 0.6 is 23.7 Å². The van der Waals surface area contributed by atoms with Crippen LogP contribution in [0.1, 0.15) is 10.4 Å². The Morgan fingerprint density at radius 1 is 1.70 bits per heavy atom. The molecule has 0 aromatic carbocycles. The van der Waals surface area contributed by atoms with Crippen molar-refractivity contribution in [2.45, 2.75) is 0 Å². The smallest absolute Gasteiger partial charge is 0.357 e. The fraction of sp³-hybridized carbons (Fsp3) is 0. The lowest BCUT2D eigenvalue weighted by atomic mass is 10.4. The second kappa shape index (κ2) is 4.27. The Morgan fingerprint density at radius 3 is 2.80 bits per heavy atom. The third-order valence-corrected chi connectivity index (χ3v) is 1.55. The summed E-state index contributed by atoms with van der Waals surface area (Å²) in [7, 11) is 0. The van der Waals surface area contributed by atoms with Crippen LogP contribution in [0.2, 0.25) is 0 Å².